The number of aryl methyl sites for hydroxylation is 2. The van der Waals surface area contributed by atoms with Crippen LogP contribution in [0.2, 0.25) is 10.0 Å². The van der Waals surface area contributed by atoms with Crippen molar-refractivity contribution in [1.82, 2.24) is 4.98 Å². The Balaban J connectivity index is 1.85. The lowest BCUT2D eigenvalue weighted by atomic mass is 10.1. The number of oxazole rings is 1. The summed E-state index contributed by atoms with van der Waals surface area (Å²) in [6.45, 7) is 3.75. The highest BCUT2D eigenvalue weighted by molar-refractivity contribution is 6.37. The number of hydrogen-bond donors (Lipinski definition) is 1. The highest BCUT2D eigenvalue weighted by Crippen LogP contribution is 2.25. The van der Waals surface area contributed by atoms with Gasteiger partial charge < -0.3 is 9.73 Å². The Bertz CT molecular complexity index is 900. The van der Waals surface area contributed by atoms with Gasteiger partial charge in [-0.25, -0.2) is 4.98 Å². The van der Waals surface area contributed by atoms with Crippen LogP contribution in [0.1, 0.15) is 21.8 Å². The number of halogens is 2. The molecule has 2 aromatic carbocycles. The molecule has 0 aliphatic heterocycles. The molecule has 0 spiro atoms. The summed E-state index contributed by atoms with van der Waals surface area (Å²) in [5.74, 6) is 0.978. The first-order valence-corrected chi connectivity index (χ1v) is 8.00. The van der Waals surface area contributed by atoms with Crippen LogP contribution >= 0.6 is 23.2 Å². The molecular weight excluding hydrogens is 347 g/mol. The SMILES string of the molecule is Cc1nc(-c2cccc(NC(=O)c3ccc(Cl)cc3Cl)c2)oc1C. The van der Waals surface area contributed by atoms with Crippen LogP contribution in [0.3, 0.4) is 0 Å². The fourth-order valence-electron chi connectivity index (χ4n) is 2.20. The van der Waals surface area contributed by atoms with Gasteiger partial charge in [0, 0.05) is 16.3 Å². The summed E-state index contributed by atoms with van der Waals surface area (Å²) < 4.78 is 5.62. The summed E-state index contributed by atoms with van der Waals surface area (Å²) in [4.78, 5) is 16.7. The molecular formula is C18H14Cl2N2O2. The Morgan fingerprint density at radius 3 is 2.58 bits per heavy atom. The Morgan fingerprint density at radius 2 is 1.92 bits per heavy atom. The summed E-state index contributed by atoms with van der Waals surface area (Å²) in [6.07, 6.45) is 0. The molecule has 0 fully saturated rings. The molecule has 0 unspecified atom stereocenters. The number of benzene rings is 2. The van der Waals surface area contributed by atoms with Crippen molar-refractivity contribution in [2.24, 2.45) is 0 Å². The van der Waals surface area contributed by atoms with Crippen molar-refractivity contribution in [3.63, 3.8) is 0 Å². The van der Waals surface area contributed by atoms with Crippen LogP contribution in [0, 0.1) is 13.8 Å². The highest BCUT2D eigenvalue weighted by Gasteiger charge is 2.13. The lowest BCUT2D eigenvalue weighted by Gasteiger charge is -2.08. The summed E-state index contributed by atoms with van der Waals surface area (Å²) in [7, 11) is 0. The van der Waals surface area contributed by atoms with Crippen LogP contribution in [0.5, 0.6) is 0 Å². The molecule has 0 saturated heterocycles. The largest absolute Gasteiger partial charge is 0.441 e. The quantitative estimate of drug-likeness (QED) is 0.669. The standard InChI is InChI=1S/C18H14Cl2N2O2/c1-10-11(2)24-18(21-10)12-4-3-5-14(8-12)22-17(23)15-7-6-13(19)9-16(15)20/h3-9H,1-2H3,(H,22,23). The number of nitrogens with one attached hydrogen (secondary N) is 1. The summed E-state index contributed by atoms with van der Waals surface area (Å²) in [6, 6.07) is 12.0. The molecule has 0 atom stereocenters. The maximum atomic E-state index is 12.4. The molecule has 4 nitrogen and oxygen atoms in total. The Morgan fingerprint density at radius 1 is 1.12 bits per heavy atom. The molecule has 1 N–H and O–H groups in total. The van der Waals surface area contributed by atoms with Gasteiger partial charge in [0.1, 0.15) is 5.76 Å². The molecule has 122 valence electrons. The third kappa shape index (κ3) is 3.45. The van der Waals surface area contributed by atoms with Gasteiger partial charge >= 0.3 is 0 Å². The van der Waals surface area contributed by atoms with Gasteiger partial charge in [0.15, 0.2) is 0 Å². The highest BCUT2D eigenvalue weighted by atomic mass is 35.5. The van der Waals surface area contributed by atoms with E-state index >= 15 is 0 Å². The lowest BCUT2D eigenvalue weighted by molar-refractivity contribution is 0.102. The topological polar surface area (TPSA) is 55.1 Å². The van der Waals surface area contributed by atoms with Crippen molar-refractivity contribution in [2.45, 2.75) is 13.8 Å². The maximum Gasteiger partial charge on any atom is 0.257 e. The normalized spacial score (nSPS) is 10.7. The Kier molecular flexibility index (Phi) is 4.60. The van der Waals surface area contributed by atoms with Crippen molar-refractivity contribution in [3.05, 3.63) is 69.5 Å². The number of anilines is 1. The average Bonchev–Trinajstić information content (AvgIpc) is 2.87. The van der Waals surface area contributed by atoms with Crippen molar-refractivity contribution in [2.75, 3.05) is 5.32 Å². The van der Waals surface area contributed by atoms with E-state index in [2.05, 4.69) is 10.3 Å². The van der Waals surface area contributed by atoms with Crippen molar-refractivity contribution >= 4 is 34.8 Å². The number of nitrogens with zero attached hydrogens (tertiary/aromatic N) is 1. The average molecular weight is 361 g/mol. The minimum absolute atomic E-state index is 0.301. The van der Waals surface area contributed by atoms with Gasteiger partial charge in [0.05, 0.1) is 16.3 Å². The van der Waals surface area contributed by atoms with Crippen molar-refractivity contribution < 1.29 is 9.21 Å². The molecule has 0 radical (unpaired) electrons. The van der Waals surface area contributed by atoms with Gasteiger partial charge in [-0.05, 0) is 50.2 Å². The van der Waals surface area contributed by atoms with E-state index in [1.807, 2.05) is 26.0 Å². The molecule has 0 aliphatic rings. The summed E-state index contributed by atoms with van der Waals surface area (Å²) in [5.41, 5.74) is 2.60. The Hall–Kier alpha value is -2.30. The number of hydrogen-bond acceptors (Lipinski definition) is 3. The molecule has 6 heteroatoms. The van der Waals surface area contributed by atoms with E-state index in [4.69, 9.17) is 27.6 Å². The van der Waals surface area contributed by atoms with E-state index < -0.39 is 0 Å². The second kappa shape index (κ2) is 6.67. The van der Waals surface area contributed by atoms with Gasteiger partial charge in [0.25, 0.3) is 5.91 Å². The van der Waals surface area contributed by atoms with Gasteiger partial charge in [-0.2, -0.15) is 0 Å². The van der Waals surface area contributed by atoms with E-state index in [0.29, 0.717) is 27.2 Å². The van der Waals surface area contributed by atoms with Crippen LogP contribution in [-0.2, 0) is 0 Å². The first-order valence-electron chi connectivity index (χ1n) is 7.25. The van der Waals surface area contributed by atoms with Crippen LogP contribution in [0.4, 0.5) is 5.69 Å². The fraction of sp³-hybridized carbons (Fsp3) is 0.111. The monoisotopic (exact) mass is 360 g/mol. The van der Waals surface area contributed by atoms with Gasteiger partial charge in [0.2, 0.25) is 5.89 Å². The zero-order valence-electron chi connectivity index (χ0n) is 13.1. The number of amides is 1. The van der Waals surface area contributed by atoms with Crippen molar-refractivity contribution in [3.8, 4) is 11.5 Å². The van der Waals surface area contributed by atoms with E-state index in [-0.39, 0.29) is 5.91 Å². The van der Waals surface area contributed by atoms with E-state index in [0.717, 1.165) is 17.0 Å². The molecule has 24 heavy (non-hydrogen) atoms. The van der Waals surface area contributed by atoms with E-state index in [9.17, 15) is 4.79 Å². The van der Waals surface area contributed by atoms with E-state index in [1.54, 1.807) is 24.3 Å². The maximum absolute atomic E-state index is 12.4. The number of carbonyl (C=O) groups excluding carboxylic acids is 1. The number of rotatable bonds is 3. The molecule has 1 heterocycles. The fourth-order valence-corrected chi connectivity index (χ4v) is 2.69. The number of aromatic nitrogens is 1. The van der Waals surface area contributed by atoms with Crippen LogP contribution in [0.25, 0.3) is 11.5 Å². The van der Waals surface area contributed by atoms with Crippen molar-refractivity contribution in [1.29, 1.82) is 0 Å². The predicted octanol–water partition coefficient (Wildman–Crippen LogP) is 5.52. The van der Waals surface area contributed by atoms with Gasteiger partial charge in [-0.3, -0.25) is 4.79 Å². The molecule has 1 amide bonds. The second-order valence-corrected chi connectivity index (χ2v) is 6.16. The third-order valence-corrected chi connectivity index (χ3v) is 4.12. The predicted molar refractivity (Wildman–Crippen MR) is 95.8 cm³/mol. The molecule has 1 aromatic heterocycles. The first kappa shape index (κ1) is 16.6. The molecule has 3 aromatic rings. The zero-order chi connectivity index (χ0) is 17.3. The minimum atomic E-state index is -0.311. The van der Waals surface area contributed by atoms with E-state index in [1.165, 1.54) is 6.07 Å². The second-order valence-electron chi connectivity index (χ2n) is 5.32. The third-order valence-electron chi connectivity index (χ3n) is 3.57. The zero-order valence-corrected chi connectivity index (χ0v) is 14.6. The molecule has 0 bridgehead atoms. The summed E-state index contributed by atoms with van der Waals surface area (Å²) >= 11 is 11.9. The van der Waals surface area contributed by atoms with Crippen LogP contribution < -0.4 is 5.32 Å². The smallest absolute Gasteiger partial charge is 0.257 e. The minimum Gasteiger partial charge on any atom is -0.441 e. The summed E-state index contributed by atoms with van der Waals surface area (Å²) in [5, 5.41) is 3.59. The first-order chi connectivity index (χ1) is 11.4. The Labute approximate surface area is 149 Å². The lowest BCUT2D eigenvalue weighted by Crippen LogP contribution is -2.12. The number of carbonyl (C=O) groups is 1. The molecule has 0 aliphatic carbocycles. The molecule has 0 saturated carbocycles. The van der Waals surface area contributed by atoms with Crippen LogP contribution in [0.15, 0.2) is 46.9 Å². The molecule has 3 rings (SSSR count). The van der Waals surface area contributed by atoms with Gasteiger partial charge in [-0.1, -0.05) is 29.3 Å². The van der Waals surface area contributed by atoms with Gasteiger partial charge in [-0.15, -0.1) is 0 Å². The van der Waals surface area contributed by atoms with Crippen LogP contribution in [-0.4, -0.2) is 10.9 Å².